The first-order valence-corrected chi connectivity index (χ1v) is 7.64. The summed E-state index contributed by atoms with van der Waals surface area (Å²) >= 11 is 7.42. The van der Waals surface area contributed by atoms with E-state index >= 15 is 0 Å². The van der Waals surface area contributed by atoms with E-state index in [0.717, 1.165) is 10.4 Å². The van der Waals surface area contributed by atoms with Crippen LogP contribution in [0.3, 0.4) is 0 Å². The van der Waals surface area contributed by atoms with Crippen molar-refractivity contribution in [3.8, 4) is 0 Å². The molecule has 2 rings (SSSR count). The lowest BCUT2D eigenvalue weighted by molar-refractivity contribution is -0.462. The van der Waals surface area contributed by atoms with Crippen molar-refractivity contribution in [1.82, 2.24) is 0 Å². The van der Waals surface area contributed by atoms with Crippen molar-refractivity contribution >= 4 is 39.9 Å². The maximum Gasteiger partial charge on any atom is 0.238 e. The Kier molecular flexibility index (Phi) is 5.05. The minimum atomic E-state index is -0.480. The number of thiophene rings is 1. The van der Waals surface area contributed by atoms with E-state index < -0.39 is 4.92 Å². The topological polar surface area (TPSA) is 72.6 Å². The number of nitro groups is 1. The van der Waals surface area contributed by atoms with Crippen LogP contribution in [-0.4, -0.2) is 23.5 Å². The molecular weight excluding hydrogens is 324 g/mol. The molecule has 1 heterocycles. The minimum absolute atomic E-state index is 0.222. The summed E-state index contributed by atoms with van der Waals surface area (Å²) in [6, 6.07) is 6.80. The molecule has 0 amide bonds. The van der Waals surface area contributed by atoms with E-state index in [1.165, 1.54) is 17.6 Å². The lowest BCUT2D eigenvalue weighted by Crippen LogP contribution is -2.04. The fourth-order valence-corrected chi connectivity index (χ4v) is 3.18. The summed E-state index contributed by atoms with van der Waals surface area (Å²) in [5.74, 6) is -0.222. The molecule has 0 atom stereocenters. The van der Waals surface area contributed by atoms with Gasteiger partial charge in [0.25, 0.3) is 0 Å². The first-order chi connectivity index (χ1) is 10.4. The largest absolute Gasteiger partial charge is 0.288 e. The van der Waals surface area contributed by atoms with E-state index in [1.54, 1.807) is 24.3 Å². The maximum atomic E-state index is 12.7. The standard InChI is InChI=1S/C15H13ClN2O3S/c1-9-10(2)22-15(17-7-8-18(20)21)13(9)14(19)11-5-3-4-6-12(11)16/h3-7H,8H2,1-2H3. The normalized spacial score (nSPS) is 11.0. The monoisotopic (exact) mass is 336 g/mol. The van der Waals surface area contributed by atoms with Crippen LogP contribution in [0.5, 0.6) is 0 Å². The van der Waals surface area contributed by atoms with E-state index in [9.17, 15) is 14.9 Å². The summed E-state index contributed by atoms with van der Waals surface area (Å²) < 4.78 is 0. The molecule has 0 bridgehead atoms. The van der Waals surface area contributed by atoms with Gasteiger partial charge in [0, 0.05) is 15.4 Å². The smallest absolute Gasteiger partial charge is 0.238 e. The van der Waals surface area contributed by atoms with Crippen LogP contribution in [0.25, 0.3) is 0 Å². The number of hydrogen-bond acceptors (Lipinski definition) is 5. The Balaban J connectivity index is 2.46. The molecule has 0 saturated carbocycles. The predicted molar refractivity (Wildman–Crippen MR) is 88.7 cm³/mol. The molecule has 0 saturated heterocycles. The van der Waals surface area contributed by atoms with Crippen molar-refractivity contribution in [2.75, 3.05) is 6.54 Å². The molecule has 7 heteroatoms. The Hall–Kier alpha value is -2.05. The van der Waals surface area contributed by atoms with Crippen LogP contribution in [0, 0.1) is 24.0 Å². The second-order valence-corrected chi connectivity index (χ2v) is 6.21. The van der Waals surface area contributed by atoms with E-state index in [0.29, 0.717) is 21.2 Å². The van der Waals surface area contributed by atoms with E-state index in [2.05, 4.69) is 4.99 Å². The molecule has 0 aliphatic heterocycles. The molecule has 0 unspecified atom stereocenters. The van der Waals surface area contributed by atoms with Gasteiger partial charge < -0.3 is 0 Å². The highest BCUT2D eigenvalue weighted by atomic mass is 35.5. The van der Waals surface area contributed by atoms with Crippen LogP contribution in [0.15, 0.2) is 29.3 Å². The lowest BCUT2D eigenvalue weighted by atomic mass is 10.0. The molecule has 0 fully saturated rings. The van der Waals surface area contributed by atoms with Crippen LogP contribution in [0.4, 0.5) is 5.00 Å². The number of halogens is 1. The molecule has 1 aromatic carbocycles. The van der Waals surface area contributed by atoms with E-state index in [4.69, 9.17) is 11.6 Å². The fourth-order valence-electron chi connectivity index (χ4n) is 1.94. The zero-order valence-corrected chi connectivity index (χ0v) is 13.6. The van der Waals surface area contributed by atoms with Gasteiger partial charge in [-0.15, -0.1) is 11.3 Å². The van der Waals surface area contributed by atoms with Gasteiger partial charge >= 0.3 is 0 Å². The highest BCUT2D eigenvalue weighted by Gasteiger charge is 2.22. The molecule has 0 N–H and O–H groups in total. The third-order valence-electron chi connectivity index (χ3n) is 3.15. The Labute approximate surface area is 136 Å². The first-order valence-electron chi connectivity index (χ1n) is 6.45. The van der Waals surface area contributed by atoms with Crippen LogP contribution in [-0.2, 0) is 0 Å². The average molecular weight is 337 g/mol. The Bertz CT molecular complexity index is 768. The molecular formula is C15H13ClN2O3S. The van der Waals surface area contributed by atoms with Gasteiger partial charge in [0.05, 0.1) is 16.8 Å². The van der Waals surface area contributed by atoms with Gasteiger partial charge in [0.15, 0.2) is 5.78 Å². The molecule has 5 nitrogen and oxygen atoms in total. The number of nitrogens with zero attached hydrogens (tertiary/aromatic N) is 2. The van der Waals surface area contributed by atoms with Crippen molar-refractivity contribution in [1.29, 1.82) is 0 Å². The zero-order chi connectivity index (χ0) is 16.3. The summed E-state index contributed by atoms with van der Waals surface area (Å²) in [5, 5.41) is 11.2. The second-order valence-electron chi connectivity index (χ2n) is 4.60. The molecule has 0 aliphatic rings. The van der Waals surface area contributed by atoms with E-state index in [1.807, 2.05) is 13.8 Å². The number of hydrogen-bond donors (Lipinski definition) is 0. The average Bonchev–Trinajstić information content (AvgIpc) is 2.73. The quantitative estimate of drug-likeness (QED) is 0.355. The molecule has 114 valence electrons. The number of ketones is 1. The minimum Gasteiger partial charge on any atom is -0.288 e. The zero-order valence-electron chi connectivity index (χ0n) is 12.0. The van der Waals surface area contributed by atoms with Gasteiger partial charge in [-0.2, -0.15) is 0 Å². The SMILES string of the molecule is Cc1sc(N=CC[N+](=O)[O-])c(C(=O)c2ccccc2Cl)c1C. The Morgan fingerprint density at radius 1 is 1.41 bits per heavy atom. The number of carbonyl (C=O) groups is 1. The van der Waals surface area contributed by atoms with Crippen LogP contribution in [0.2, 0.25) is 5.02 Å². The third kappa shape index (κ3) is 3.40. The van der Waals surface area contributed by atoms with Crippen molar-refractivity contribution in [2.45, 2.75) is 13.8 Å². The summed E-state index contributed by atoms with van der Waals surface area (Å²) in [6.45, 7) is 3.34. The van der Waals surface area contributed by atoms with Gasteiger partial charge in [0.1, 0.15) is 5.00 Å². The van der Waals surface area contributed by atoms with Crippen LogP contribution < -0.4 is 0 Å². The fraction of sp³-hybridized carbons (Fsp3) is 0.200. The Morgan fingerprint density at radius 3 is 2.73 bits per heavy atom. The number of carbonyl (C=O) groups excluding carboxylic acids is 1. The maximum absolute atomic E-state index is 12.7. The highest BCUT2D eigenvalue weighted by molar-refractivity contribution is 7.16. The van der Waals surface area contributed by atoms with Gasteiger partial charge in [-0.1, -0.05) is 23.7 Å². The molecule has 0 radical (unpaired) electrons. The molecule has 22 heavy (non-hydrogen) atoms. The van der Waals surface area contributed by atoms with Crippen LogP contribution in [0.1, 0.15) is 26.4 Å². The number of aryl methyl sites for hydroxylation is 1. The molecule has 1 aromatic heterocycles. The Morgan fingerprint density at radius 2 is 2.09 bits per heavy atom. The van der Waals surface area contributed by atoms with Gasteiger partial charge in [-0.25, -0.2) is 4.99 Å². The van der Waals surface area contributed by atoms with Crippen molar-refractivity contribution in [3.05, 3.63) is 61.0 Å². The molecule has 2 aromatic rings. The van der Waals surface area contributed by atoms with Crippen molar-refractivity contribution in [3.63, 3.8) is 0 Å². The molecule has 0 spiro atoms. The summed E-state index contributed by atoms with van der Waals surface area (Å²) in [6.07, 6.45) is 1.20. The number of aliphatic imine (C=N–C) groups is 1. The summed E-state index contributed by atoms with van der Waals surface area (Å²) in [5.41, 5.74) is 1.68. The number of benzene rings is 1. The second kappa shape index (κ2) is 6.81. The van der Waals surface area contributed by atoms with E-state index in [-0.39, 0.29) is 12.3 Å². The lowest BCUT2D eigenvalue weighted by Gasteiger charge is -2.04. The highest BCUT2D eigenvalue weighted by Crippen LogP contribution is 2.37. The van der Waals surface area contributed by atoms with Crippen molar-refractivity contribution < 1.29 is 9.72 Å². The van der Waals surface area contributed by atoms with Gasteiger partial charge in [-0.05, 0) is 31.5 Å². The first kappa shape index (κ1) is 16.3. The van der Waals surface area contributed by atoms with Gasteiger partial charge in [0.2, 0.25) is 6.54 Å². The van der Waals surface area contributed by atoms with Crippen molar-refractivity contribution in [2.24, 2.45) is 4.99 Å². The number of rotatable bonds is 5. The third-order valence-corrected chi connectivity index (χ3v) is 4.60. The predicted octanol–water partition coefficient (Wildman–Crippen LogP) is 4.23. The van der Waals surface area contributed by atoms with Gasteiger partial charge in [-0.3, -0.25) is 14.9 Å². The summed E-state index contributed by atoms with van der Waals surface area (Å²) in [4.78, 5) is 27.7. The van der Waals surface area contributed by atoms with Crippen LogP contribution >= 0.6 is 22.9 Å². The molecule has 0 aliphatic carbocycles. The summed E-state index contributed by atoms with van der Waals surface area (Å²) in [7, 11) is 0.